The SMILES string of the molecule is CCCc1cc(-c2cc(=O)n3[nH]cc(C(=O)Nc4ccccc4)c3n2)no1. The molecule has 4 aromatic rings. The molecule has 27 heavy (non-hydrogen) atoms. The molecule has 3 aromatic heterocycles. The van der Waals surface area contributed by atoms with Crippen LogP contribution in [-0.2, 0) is 6.42 Å². The molecular formula is C19H17N5O3. The van der Waals surface area contributed by atoms with Crippen LogP contribution in [0.2, 0.25) is 0 Å². The molecule has 4 rings (SSSR count). The number of aromatic nitrogens is 4. The van der Waals surface area contributed by atoms with Gasteiger partial charge in [-0.1, -0.05) is 30.3 Å². The van der Waals surface area contributed by atoms with Crippen LogP contribution in [0.25, 0.3) is 17.0 Å². The standard InChI is InChI=1S/C19H17N5O3/c1-2-6-13-9-16(23-27-13)15-10-17(25)24-18(22-15)14(11-20-24)19(26)21-12-7-4-3-5-8-12/h3-5,7-11,20H,2,6H2,1H3,(H,21,26). The molecule has 0 saturated carbocycles. The number of nitrogens with one attached hydrogen (secondary N) is 2. The van der Waals surface area contributed by atoms with Crippen molar-refractivity contribution in [2.24, 2.45) is 0 Å². The summed E-state index contributed by atoms with van der Waals surface area (Å²) in [5.74, 6) is 0.362. The molecule has 8 nitrogen and oxygen atoms in total. The van der Waals surface area contributed by atoms with Crippen LogP contribution in [0.5, 0.6) is 0 Å². The molecule has 2 N–H and O–H groups in total. The van der Waals surface area contributed by atoms with Crippen molar-refractivity contribution in [3.8, 4) is 11.4 Å². The number of carbonyl (C=O) groups excluding carboxylic acids is 1. The van der Waals surface area contributed by atoms with Gasteiger partial charge in [0, 0.05) is 30.4 Å². The lowest BCUT2D eigenvalue weighted by Crippen LogP contribution is -2.16. The number of amides is 1. The topological polar surface area (TPSA) is 105 Å². The van der Waals surface area contributed by atoms with E-state index in [0.717, 1.165) is 18.6 Å². The lowest BCUT2D eigenvalue weighted by Gasteiger charge is -2.03. The van der Waals surface area contributed by atoms with Crippen LogP contribution < -0.4 is 10.9 Å². The van der Waals surface area contributed by atoms with E-state index in [1.165, 1.54) is 16.8 Å². The number of nitrogens with zero attached hydrogens (tertiary/aromatic N) is 3. The van der Waals surface area contributed by atoms with E-state index in [1.54, 1.807) is 18.2 Å². The smallest absolute Gasteiger partial charge is 0.273 e. The molecule has 1 aromatic carbocycles. The summed E-state index contributed by atoms with van der Waals surface area (Å²) >= 11 is 0. The lowest BCUT2D eigenvalue weighted by atomic mass is 10.2. The molecule has 0 atom stereocenters. The first-order valence-corrected chi connectivity index (χ1v) is 8.59. The summed E-state index contributed by atoms with van der Waals surface area (Å²) in [4.78, 5) is 29.5. The van der Waals surface area contributed by atoms with Crippen LogP contribution in [0.1, 0.15) is 29.5 Å². The number of H-pyrrole nitrogens is 1. The number of carbonyl (C=O) groups is 1. The van der Waals surface area contributed by atoms with Crippen LogP contribution in [0.4, 0.5) is 5.69 Å². The molecule has 0 saturated heterocycles. The Balaban J connectivity index is 1.73. The Hall–Kier alpha value is -3.68. The van der Waals surface area contributed by atoms with Gasteiger partial charge in [0.1, 0.15) is 22.7 Å². The molecule has 0 aliphatic heterocycles. The van der Waals surface area contributed by atoms with Gasteiger partial charge in [0.05, 0.1) is 0 Å². The zero-order valence-electron chi connectivity index (χ0n) is 14.6. The summed E-state index contributed by atoms with van der Waals surface area (Å²) in [7, 11) is 0. The van der Waals surface area contributed by atoms with Gasteiger partial charge in [0.25, 0.3) is 11.5 Å². The van der Waals surface area contributed by atoms with Gasteiger partial charge in [-0.2, -0.15) is 0 Å². The first-order chi connectivity index (χ1) is 13.2. The highest BCUT2D eigenvalue weighted by molar-refractivity contribution is 6.08. The first-order valence-electron chi connectivity index (χ1n) is 8.59. The summed E-state index contributed by atoms with van der Waals surface area (Å²) < 4.78 is 6.48. The van der Waals surface area contributed by atoms with Crippen molar-refractivity contribution >= 4 is 17.2 Å². The summed E-state index contributed by atoms with van der Waals surface area (Å²) in [6, 6.07) is 12.2. The van der Waals surface area contributed by atoms with Gasteiger partial charge >= 0.3 is 0 Å². The molecule has 0 unspecified atom stereocenters. The molecular weight excluding hydrogens is 346 g/mol. The van der Waals surface area contributed by atoms with E-state index in [0.29, 0.717) is 17.1 Å². The number of aromatic amines is 1. The van der Waals surface area contributed by atoms with Gasteiger partial charge in [-0.05, 0) is 18.6 Å². The van der Waals surface area contributed by atoms with Crippen LogP contribution in [0, 0.1) is 0 Å². The van der Waals surface area contributed by atoms with Crippen LogP contribution in [0.3, 0.4) is 0 Å². The van der Waals surface area contributed by atoms with Crippen LogP contribution >= 0.6 is 0 Å². The van der Waals surface area contributed by atoms with Crippen LogP contribution in [-0.4, -0.2) is 25.7 Å². The third kappa shape index (κ3) is 3.24. The molecule has 0 spiro atoms. The van der Waals surface area contributed by atoms with Gasteiger partial charge in [-0.3, -0.25) is 14.7 Å². The van der Waals surface area contributed by atoms with Crippen molar-refractivity contribution in [3.63, 3.8) is 0 Å². The first kappa shape index (κ1) is 16.8. The highest BCUT2D eigenvalue weighted by Crippen LogP contribution is 2.19. The van der Waals surface area contributed by atoms with E-state index in [9.17, 15) is 9.59 Å². The second kappa shape index (κ2) is 6.91. The molecule has 1 amide bonds. The number of benzene rings is 1. The zero-order chi connectivity index (χ0) is 18.8. The summed E-state index contributed by atoms with van der Waals surface area (Å²) in [6.07, 6.45) is 3.13. The highest BCUT2D eigenvalue weighted by atomic mass is 16.5. The largest absolute Gasteiger partial charge is 0.361 e. The highest BCUT2D eigenvalue weighted by Gasteiger charge is 2.17. The van der Waals surface area contributed by atoms with Gasteiger partial charge in [-0.15, -0.1) is 0 Å². The molecule has 3 heterocycles. The molecule has 0 aliphatic carbocycles. The maximum absolute atomic E-state index is 12.6. The second-order valence-electron chi connectivity index (χ2n) is 6.07. The minimum Gasteiger partial charge on any atom is -0.361 e. The van der Waals surface area contributed by atoms with E-state index in [2.05, 4.69) is 20.6 Å². The molecule has 136 valence electrons. The summed E-state index contributed by atoms with van der Waals surface area (Å²) in [5.41, 5.74) is 1.63. The number of fused-ring (bicyclic) bond motifs is 1. The maximum atomic E-state index is 12.6. The Morgan fingerprint density at radius 2 is 2.04 bits per heavy atom. The van der Waals surface area contributed by atoms with Crippen molar-refractivity contribution in [3.05, 3.63) is 70.3 Å². The Kier molecular flexibility index (Phi) is 4.29. The number of rotatable bonds is 5. The van der Waals surface area contributed by atoms with Gasteiger partial charge in [-0.25, -0.2) is 9.50 Å². The third-order valence-electron chi connectivity index (χ3n) is 4.09. The number of hydrogen-bond acceptors (Lipinski definition) is 5. The normalized spacial score (nSPS) is 11.0. The van der Waals surface area contributed by atoms with E-state index in [-0.39, 0.29) is 22.7 Å². The van der Waals surface area contributed by atoms with Gasteiger partial charge in [0.2, 0.25) is 0 Å². The number of hydrogen-bond donors (Lipinski definition) is 2. The Morgan fingerprint density at radius 3 is 2.81 bits per heavy atom. The van der Waals surface area contributed by atoms with E-state index in [4.69, 9.17) is 4.52 Å². The molecule has 0 bridgehead atoms. The minimum atomic E-state index is -0.365. The lowest BCUT2D eigenvalue weighted by molar-refractivity contribution is 0.102. The van der Waals surface area contributed by atoms with Crippen LogP contribution in [0.15, 0.2) is 58.0 Å². The van der Waals surface area contributed by atoms with Crippen molar-refractivity contribution in [2.75, 3.05) is 5.32 Å². The molecule has 0 fully saturated rings. The quantitative estimate of drug-likeness (QED) is 0.567. The van der Waals surface area contributed by atoms with E-state index in [1.807, 2.05) is 25.1 Å². The van der Waals surface area contributed by atoms with Crippen molar-refractivity contribution in [1.29, 1.82) is 0 Å². The zero-order valence-corrected chi connectivity index (χ0v) is 14.6. The van der Waals surface area contributed by atoms with Crippen molar-refractivity contribution in [2.45, 2.75) is 19.8 Å². The fourth-order valence-electron chi connectivity index (χ4n) is 2.80. The molecule has 0 aliphatic rings. The number of para-hydroxylation sites is 1. The second-order valence-corrected chi connectivity index (χ2v) is 6.07. The van der Waals surface area contributed by atoms with Gasteiger partial charge < -0.3 is 9.84 Å². The summed E-state index contributed by atoms with van der Waals surface area (Å²) in [5, 5.41) is 9.54. The Bertz CT molecular complexity index is 1160. The van der Waals surface area contributed by atoms with Gasteiger partial charge in [0.15, 0.2) is 5.65 Å². The average Bonchev–Trinajstić information content (AvgIpc) is 3.30. The fraction of sp³-hybridized carbons (Fsp3) is 0.158. The number of aryl methyl sites for hydroxylation is 1. The third-order valence-corrected chi connectivity index (χ3v) is 4.09. The monoisotopic (exact) mass is 363 g/mol. The molecule has 8 heteroatoms. The Labute approximate surface area is 153 Å². The fourth-order valence-corrected chi connectivity index (χ4v) is 2.80. The predicted octanol–water partition coefficient (Wildman–Crippen LogP) is 2.88. The number of anilines is 1. The molecule has 0 radical (unpaired) electrons. The Morgan fingerprint density at radius 1 is 1.22 bits per heavy atom. The minimum absolute atomic E-state index is 0.228. The maximum Gasteiger partial charge on any atom is 0.273 e. The van der Waals surface area contributed by atoms with E-state index < -0.39 is 0 Å². The van der Waals surface area contributed by atoms with E-state index >= 15 is 0 Å². The average molecular weight is 363 g/mol. The predicted molar refractivity (Wildman–Crippen MR) is 99.7 cm³/mol. The van der Waals surface area contributed by atoms with Crippen molar-refractivity contribution in [1.82, 2.24) is 19.8 Å². The summed E-state index contributed by atoms with van der Waals surface area (Å²) in [6.45, 7) is 2.04. The van der Waals surface area contributed by atoms with Crippen molar-refractivity contribution < 1.29 is 9.32 Å².